The Balaban J connectivity index is 2.23. The van der Waals surface area contributed by atoms with Crippen LogP contribution in [0.1, 0.15) is 5.89 Å². The van der Waals surface area contributed by atoms with Gasteiger partial charge in [0.2, 0.25) is 11.7 Å². The van der Waals surface area contributed by atoms with Crippen LogP contribution in [0.2, 0.25) is 5.22 Å². The van der Waals surface area contributed by atoms with E-state index < -0.39 is 5.97 Å². The largest absolute Gasteiger partial charge is 0.481 e. The average Bonchev–Trinajstić information content (AvgIpc) is 2.72. The zero-order valence-corrected chi connectivity index (χ0v) is 8.06. The third-order valence-electron chi connectivity index (χ3n) is 1.56. The zero-order chi connectivity index (χ0) is 10.8. The van der Waals surface area contributed by atoms with Crippen LogP contribution in [0.5, 0.6) is 0 Å². The first kappa shape index (κ1) is 9.72. The minimum atomic E-state index is -1.04. The highest BCUT2D eigenvalue weighted by atomic mass is 35.5. The first-order valence-electron chi connectivity index (χ1n) is 3.95. The molecule has 15 heavy (non-hydrogen) atoms. The van der Waals surface area contributed by atoms with Gasteiger partial charge in [0.1, 0.15) is 6.42 Å². The molecule has 2 heterocycles. The second-order valence-corrected chi connectivity index (χ2v) is 3.06. The van der Waals surface area contributed by atoms with Gasteiger partial charge in [-0.1, -0.05) is 5.16 Å². The number of nitrogens with zero attached hydrogens (tertiary/aromatic N) is 2. The van der Waals surface area contributed by atoms with E-state index in [-0.39, 0.29) is 23.4 Å². The molecule has 2 aromatic heterocycles. The summed E-state index contributed by atoms with van der Waals surface area (Å²) in [6.45, 7) is 0. The molecule has 6 nitrogen and oxygen atoms in total. The molecule has 0 atom stereocenters. The summed E-state index contributed by atoms with van der Waals surface area (Å²) in [4.78, 5) is 14.2. The molecule has 0 aliphatic heterocycles. The fourth-order valence-electron chi connectivity index (χ4n) is 0.991. The second kappa shape index (κ2) is 3.74. The molecule has 0 unspecified atom stereocenters. The number of hydrogen-bond acceptors (Lipinski definition) is 5. The first-order valence-corrected chi connectivity index (χ1v) is 4.33. The summed E-state index contributed by atoms with van der Waals surface area (Å²) in [6.07, 6.45) is -0.318. The highest BCUT2D eigenvalue weighted by Gasteiger charge is 2.13. The molecule has 0 aromatic carbocycles. The Labute approximate surface area is 88.5 Å². The van der Waals surface area contributed by atoms with Crippen molar-refractivity contribution in [2.24, 2.45) is 0 Å². The fourth-order valence-corrected chi connectivity index (χ4v) is 1.14. The minimum Gasteiger partial charge on any atom is -0.481 e. The molecule has 0 amide bonds. The van der Waals surface area contributed by atoms with Gasteiger partial charge in [-0.2, -0.15) is 4.98 Å². The second-order valence-electron chi connectivity index (χ2n) is 2.69. The van der Waals surface area contributed by atoms with Crippen molar-refractivity contribution >= 4 is 17.6 Å². The van der Waals surface area contributed by atoms with Gasteiger partial charge in [-0.25, -0.2) is 0 Å². The van der Waals surface area contributed by atoms with Gasteiger partial charge in [-0.15, -0.1) is 0 Å². The van der Waals surface area contributed by atoms with Crippen LogP contribution in [0.25, 0.3) is 11.6 Å². The zero-order valence-electron chi connectivity index (χ0n) is 7.31. The highest BCUT2D eigenvalue weighted by Crippen LogP contribution is 2.21. The number of carbonyl (C=O) groups is 1. The monoisotopic (exact) mass is 228 g/mol. The maximum absolute atomic E-state index is 10.3. The number of furan rings is 1. The van der Waals surface area contributed by atoms with Crippen LogP contribution in [0.15, 0.2) is 21.1 Å². The summed E-state index contributed by atoms with van der Waals surface area (Å²) in [5, 5.41) is 12.2. The van der Waals surface area contributed by atoms with E-state index in [1.54, 1.807) is 6.07 Å². The Kier molecular flexibility index (Phi) is 2.42. The van der Waals surface area contributed by atoms with Crippen molar-refractivity contribution in [3.63, 3.8) is 0 Å². The van der Waals surface area contributed by atoms with Gasteiger partial charge < -0.3 is 14.0 Å². The molecule has 0 aliphatic rings. The van der Waals surface area contributed by atoms with E-state index in [0.717, 1.165) is 0 Å². The summed E-state index contributed by atoms with van der Waals surface area (Å²) in [7, 11) is 0. The van der Waals surface area contributed by atoms with Crippen molar-refractivity contribution in [1.29, 1.82) is 0 Å². The van der Waals surface area contributed by atoms with Crippen LogP contribution in [-0.2, 0) is 11.2 Å². The topological polar surface area (TPSA) is 89.4 Å². The minimum absolute atomic E-state index is 0.0185. The van der Waals surface area contributed by atoms with Crippen LogP contribution in [-0.4, -0.2) is 21.2 Å². The van der Waals surface area contributed by atoms with Crippen LogP contribution >= 0.6 is 11.6 Å². The Morgan fingerprint density at radius 1 is 1.53 bits per heavy atom. The van der Waals surface area contributed by atoms with Crippen molar-refractivity contribution in [2.45, 2.75) is 6.42 Å². The molecule has 0 radical (unpaired) electrons. The van der Waals surface area contributed by atoms with E-state index in [1.165, 1.54) is 6.07 Å². The number of carboxylic acids is 1. The van der Waals surface area contributed by atoms with E-state index in [0.29, 0.717) is 5.76 Å². The normalized spacial score (nSPS) is 10.5. The van der Waals surface area contributed by atoms with Crippen molar-refractivity contribution in [3.05, 3.63) is 23.2 Å². The van der Waals surface area contributed by atoms with Crippen LogP contribution in [0.4, 0.5) is 0 Å². The van der Waals surface area contributed by atoms with Gasteiger partial charge in [0.25, 0.3) is 0 Å². The van der Waals surface area contributed by atoms with Crippen LogP contribution in [0.3, 0.4) is 0 Å². The van der Waals surface area contributed by atoms with Crippen molar-refractivity contribution in [1.82, 2.24) is 10.1 Å². The summed E-state index contributed by atoms with van der Waals surface area (Å²) < 4.78 is 9.71. The third kappa shape index (κ3) is 2.16. The molecule has 2 aromatic rings. The molecule has 78 valence electrons. The van der Waals surface area contributed by atoms with Crippen molar-refractivity contribution in [2.75, 3.05) is 0 Å². The predicted octanol–water partition coefficient (Wildman–Crippen LogP) is 1.61. The van der Waals surface area contributed by atoms with Gasteiger partial charge in [0.05, 0.1) is 0 Å². The predicted molar refractivity (Wildman–Crippen MR) is 48.3 cm³/mol. The summed E-state index contributed by atoms with van der Waals surface area (Å²) in [5.41, 5.74) is 0. The van der Waals surface area contributed by atoms with Crippen molar-refractivity contribution < 1.29 is 18.8 Å². The van der Waals surface area contributed by atoms with Crippen LogP contribution < -0.4 is 0 Å². The summed E-state index contributed by atoms with van der Waals surface area (Å²) in [5.74, 6) is -0.508. The Hall–Kier alpha value is -1.82. The molecule has 0 fully saturated rings. The highest BCUT2D eigenvalue weighted by molar-refractivity contribution is 6.28. The van der Waals surface area contributed by atoms with E-state index in [4.69, 9.17) is 25.6 Å². The lowest BCUT2D eigenvalue weighted by Gasteiger charge is -1.84. The smallest absolute Gasteiger partial charge is 0.312 e. The van der Waals surface area contributed by atoms with Crippen molar-refractivity contribution in [3.8, 4) is 11.6 Å². The summed E-state index contributed by atoms with van der Waals surface area (Å²) >= 11 is 5.55. The SMILES string of the molecule is O=C(O)Cc1nc(-c2ccc(Cl)o2)no1. The molecule has 0 saturated carbocycles. The standard InChI is InChI=1S/C8H5ClN2O4/c9-5-2-1-4(14-5)8-10-6(15-11-8)3-7(12)13/h1-2H,3H2,(H,12,13). The Bertz CT molecular complexity index is 490. The number of aliphatic carboxylic acids is 1. The lowest BCUT2D eigenvalue weighted by Crippen LogP contribution is -1.99. The number of aromatic nitrogens is 2. The molecule has 7 heteroatoms. The molecule has 0 spiro atoms. The maximum atomic E-state index is 10.3. The molecule has 0 aliphatic carbocycles. The van der Waals surface area contributed by atoms with Crippen LogP contribution in [0, 0.1) is 0 Å². The molecular weight excluding hydrogens is 224 g/mol. The number of halogens is 1. The van der Waals surface area contributed by atoms with E-state index >= 15 is 0 Å². The van der Waals surface area contributed by atoms with Gasteiger partial charge in [0.15, 0.2) is 11.0 Å². The van der Waals surface area contributed by atoms with Gasteiger partial charge in [0, 0.05) is 0 Å². The fraction of sp³-hybridized carbons (Fsp3) is 0.125. The molecule has 0 saturated heterocycles. The lowest BCUT2D eigenvalue weighted by atomic mass is 10.4. The number of carboxylic acid groups (broad SMARTS) is 1. The van der Waals surface area contributed by atoms with Gasteiger partial charge >= 0.3 is 5.97 Å². The van der Waals surface area contributed by atoms with E-state index in [2.05, 4.69) is 10.1 Å². The number of hydrogen-bond donors (Lipinski definition) is 1. The number of rotatable bonds is 3. The Morgan fingerprint density at radius 3 is 2.93 bits per heavy atom. The van der Waals surface area contributed by atoms with Gasteiger partial charge in [-0.3, -0.25) is 4.79 Å². The quantitative estimate of drug-likeness (QED) is 0.858. The maximum Gasteiger partial charge on any atom is 0.312 e. The molecule has 0 bridgehead atoms. The van der Waals surface area contributed by atoms with Gasteiger partial charge in [-0.05, 0) is 23.7 Å². The third-order valence-corrected chi connectivity index (χ3v) is 1.77. The Morgan fingerprint density at radius 2 is 2.33 bits per heavy atom. The average molecular weight is 229 g/mol. The first-order chi connectivity index (χ1) is 7.15. The molecule has 2 rings (SSSR count). The molecular formula is C8H5ClN2O4. The van der Waals surface area contributed by atoms with E-state index in [9.17, 15) is 4.79 Å². The molecule has 1 N–H and O–H groups in total. The summed E-state index contributed by atoms with van der Waals surface area (Å²) in [6, 6.07) is 3.10. The van der Waals surface area contributed by atoms with E-state index in [1.807, 2.05) is 0 Å². The lowest BCUT2D eigenvalue weighted by molar-refractivity contribution is -0.136.